The molecule has 1 saturated heterocycles. The quantitative estimate of drug-likeness (QED) is 0.643. The number of esters is 1. The molecule has 0 saturated carbocycles. The third kappa shape index (κ3) is 4.00. The molecule has 4 nitrogen and oxygen atoms in total. The molecule has 0 aliphatic carbocycles. The van der Waals surface area contributed by atoms with Crippen LogP contribution in [-0.4, -0.2) is 32.2 Å². The normalized spacial score (nSPS) is 23.9. The zero-order valence-corrected chi connectivity index (χ0v) is 13.7. The number of ether oxygens (including phenoxy) is 1. The lowest BCUT2D eigenvalue weighted by Gasteiger charge is -2.38. The number of halogens is 1. The smallest absolute Gasteiger partial charge is 0.317 e. The van der Waals surface area contributed by atoms with E-state index < -0.39 is 5.41 Å². The van der Waals surface area contributed by atoms with E-state index in [1.54, 1.807) is 0 Å². The van der Waals surface area contributed by atoms with Gasteiger partial charge in [-0.2, -0.15) is 5.26 Å². The zero-order chi connectivity index (χ0) is 15.1. The van der Waals surface area contributed by atoms with E-state index in [9.17, 15) is 4.79 Å². The second-order valence-corrected chi connectivity index (χ2v) is 5.58. The number of hydrogen-bond donors (Lipinski definition) is 1. The van der Waals surface area contributed by atoms with Crippen molar-refractivity contribution < 1.29 is 26.8 Å². The molecule has 0 bridgehead atoms. The van der Waals surface area contributed by atoms with Crippen LogP contribution in [0.5, 0.6) is 0 Å². The highest BCUT2D eigenvalue weighted by molar-refractivity contribution is 5.83. The van der Waals surface area contributed by atoms with Crippen molar-refractivity contribution in [2.45, 2.75) is 31.6 Å². The summed E-state index contributed by atoms with van der Waals surface area (Å²) in [5.74, 6) is -0.101. The number of rotatable bonds is 5. The Hall–Kier alpha value is -1.57. The number of likely N-dealkylation sites (tertiary alicyclic amines) is 1. The summed E-state index contributed by atoms with van der Waals surface area (Å²) < 4.78 is 5.35. The molecule has 1 aliphatic rings. The van der Waals surface area contributed by atoms with Crippen LogP contribution in [0.1, 0.15) is 31.7 Å². The highest BCUT2D eigenvalue weighted by Crippen LogP contribution is 2.34. The number of piperidine rings is 1. The lowest BCUT2D eigenvalue weighted by molar-refractivity contribution is -0.905. The van der Waals surface area contributed by atoms with E-state index in [1.165, 1.54) is 4.90 Å². The number of quaternary nitrogens is 1. The summed E-state index contributed by atoms with van der Waals surface area (Å²) >= 11 is 0. The highest BCUT2D eigenvalue weighted by atomic mass is 35.5. The monoisotopic (exact) mass is 322 g/mol. The Morgan fingerprint density at radius 2 is 1.95 bits per heavy atom. The minimum Gasteiger partial charge on any atom is -1.00 e. The molecule has 22 heavy (non-hydrogen) atoms. The first-order chi connectivity index (χ1) is 10.2. The van der Waals surface area contributed by atoms with Gasteiger partial charge in [-0.25, -0.2) is 0 Å². The van der Waals surface area contributed by atoms with Crippen molar-refractivity contribution in [2.75, 3.05) is 26.2 Å². The molecule has 1 aromatic rings. The summed E-state index contributed by atoms with van der Waals surface area (Å²) in [6, 6.07) is 12.2. The van der Waals surface area contributed by atoms with Gasteiger partial charge in [0.25, 0.3) is 0 Å². The van der Waals surface area contributed by atoms with Crippen LogP contribution in [0, 0.1) is 11.3 Å². The molecule has 0 unspecified atom stereocenters. The number of nitriles is 1. The molecule has 1 aliphatic heterocycles. The summed E-state index contributed by atoms with van der Waals surface area (Å²) in [4.78, 5) is 14.0. The standard InChI is InChI=1S/C17H22N2O2.ClH/c1-2-21-16(20)17(15-7-4-3-5-8-15)9-13-19(14-10-17)12-6-11-18;/h3-5,7-8H,2,6,9-10,12-14H2,1H3;1H. The van der Waals surface area contributed by atoms with Crippen LogP contribution >= 0.6 is 0 Å². The van der Waals surface area contributed by atoms with Crippen molar-refractivity contribution in [3.05, 3.63) is 35.9 Å². The first-order valence-electron chi connectivity index (χ1n) is 7.66. The Morgan fingerprint density at radius 1 is 1.32 bits per heavy atom. The molecular weight excluding hydrogens is 300 g/mol. The summed E-state index contributed by atoms with van der Waals surface area (Å²) in [7, 11) is 0. The van der Waals surface area contributed by atoms with Crippen LogP contribution in [0.25, 0.3) is 0 Å². The molecule has 1 aromatic carbocycles. The predicted octanol–water partition coefficient (Wildman–Crippen LogP) is -1.92. The Bertz CT molecular complexity index is 505. The van der Waals surface area contributed by atoms with Gasteiger partial charge in [-0.3, -0.25) is 4.79 Å². The fourth-order valence-corrected chi connectivity index (χ4v) is 3.15. The minimum absolute atomic E-state index is 0. The summed E-state index contributed by atoms with van der Waals surface area (Å²) in [6.45, 7) is 4.96. The van der Waals surface area contributed by atoms with Gasteiger partial charge < -0.3 is 22.0 Å². The lowest BCUT2D eigenvalue weighted by Crippen LogP contribution is -3.13. The van der Waals surface area contributed by atoms with Gasteiger partial charge in [-0.15, -0.1) is 0 Å². The molecule has 2 rings (SSSR count). The Morgan fingerprint density at radius 3 is 2.50 bits per heavy atom. The predicted molar refractivity (Wildman–Crippen MR) is 79.8 cm³/mol. The van der Waals surface area contributed by atoms with Crippen molar-refractivity contribution in [1.82, 2.24) is 0 Å². The molecular formula is C17H23ClN2O2. The third-order valence-electron chi connectivity index (χ3n) is 4.39. The first kappa shape index (κ1) is 18.5. The second-order valence-electron chi connectivity index (χ2n) is 5.58. The van der Waals surface area contributed by atoms with Gasteiger partial charge in [0.15, 0.2) is 0 Å². The van der Waals surface area contributed by atoms with E-state index in [0.29, 0.717) is 13.0 Å². The molecule has 5 heteroatoms. The maximum atomic E-state index is 12.6. The molecule has 0 atom stereocenters. The zero-order valence-electron chi connectivity index (χ0n) is 13.0. The van der Waals surface area contributed by atoms with Crippen molar-refractivity contribution >= 4 is 5.97 Å². The fraction of sp³-hybridized carbons (Fsp3) is 0.529. The topological polar surface area (TPSA) is 54.5 Å². The van der Waals surface area contributed by atoms with Crippen LogP contribution in [0.2, 0.25) is 0 Å². The maximum Gasteiger partial charge on any atom is 0.317 e. The van der Waals surface area contributed by atoms with Crippen LogP contribution in [0.15, 0.2) is 30.3 Å². The van der Waals surface area contributed by atoms with Gasteiger partial charge in [-0.1, -0.05) is 30.3 Å². The van der Waals surface area contributed by atoms with Gasteiger partial charge >= 0.3 is 5.97 Å². The Labute approximate surface area is 138 Å². The van der Waals surface area contributed by atoms with Gasteiger partial charge in [0, 0.05) is 12.8 Å². The van der Waals surface area contributed by atoms with Crippen LogP contribution in [0.3, 0.4) is 0 Å². The second kappa shape index (κ2) is 8.77. The molecule has 1 N–H and O–H groups in total. The lowest BCUT2D eigenvalue weighted by atomic mass is 9.72. The number of nitrogens with zero attached hydrogens (tertiary/aromatic N) is 1. The third-order valence-corrected chi connectivity index (χ3v) is 4.39. The fourth-order valence-electron chi connectivity index (χ4n) is 3.15. The van der Waals surface area contributed by atoms with Crippen LogP contribution in [-0.2, 0) is 14.9 Å². The van der Waals surface area contributed by atoms with E-state index in [1.807, 2.05) is 37.3 Å². The van der Waals surface area contributed by atoms with Crippen LogP contribution in [0.4, 0.5) is 0 Å². The maximum absolute atomic E-state index is 12.6. The summed E-state index contributed by atoms with van der Waals surface area (Å²) in [5.41, 5.74) is 0.552. The average molecular weight is 323 g/mol. The number of hydrogen-bond acceptors (Lipinski definition) is 3. The van der Waals surface area contributed by atoms with Crippen molar-refractivity contribution in [3.8, 4) is 6.07 Å². The SMILES string of the molecule is CCOC(=O)C1(c2ccccc2)CC[NH+](CCC#N)CC1.[Cl-]. The highest BCUT2D eigenvalue weighted by Gasteiger charge is 2.45. The van der Waals surface area contributed by atoms with E-state index in [2.05, 4.69) is 6.07 Å². The van der Waals surface area contributed by atoms with Crippen molar-refractivity contribution in [2.24, 2.45) is 0 Å². The molecule has 1 fully saturated rings. The number of carbonyl (C=O) groups excluding carboxylic acids is 1. The number of nitrogens with one attached hydrogen (secondary N) is 1. The van der Waals surface area contributed by atoms with Crippen molar-refractivity contribution in [3.63, 3.8) is 0 Å². The molecule has 1 heterocycles. The Kier molecular flexibility index (Phi) is 7.37. The van der Waals surface area contributed by atoms with Gasteiger partial charge in [0.2, 0.25) is 0 Å². The number of benzene rings is 1. The van der Waals surface area contributed by atoms with E-state index in [4.69, 9.17) is 10.00 Å². The van der Waals surface area contributed by atoms with E-state index >= 15 is 0 Å². The number of carbonyl (C=O) groups is 1. The van der Waals surface area contributed by atoms with E-state index in [0.717, 1.165) is 38.0 Å². The average Bonchev–Trinajstić information content (AvgIpc) is 2.54. The molecule has 0 aromatic heterocycles. The van der Waals surface area contributed by atoms with Crippen molar-refractivity contribution in [1.29, 1.82) is 5.26 Å². The largest absolute Gasteiger partial charge is 1.00 e. The van der Waals surface area contributed by atoms with Gasteiger partial charge in [0.05, 0.1) is 38.7 Å². The minimum atomic E-state index is -0.507. The molecule has 120 valence electrons. The first-order valence-corrected chi connectivity index (χ1v) is 7.66. The Balaban J connectivity index is 0.00000242. The van der Waals surface area contributed by atoms with E-state index in [-0.39, 0.29) is 18.4 Å². The van der Waals surface area contributed by atoms with Gasteiger partial charge in [-0.05, 0) is 12.5 Å². The van der Waals surface area contributed by atoms with Gasteiger partial charge in [0.1, 0.15) is 5.41 Å². The molecule has 0 spiro atoms. The summed E-state index contributed by atoms with van der Waals surface area (Å²) in [6.07, 6.45) is 2.15. The summed E-state index contributed by atoms with van der Waals surface area (Å²) in [5, 5.41) is 8.70. The van der Waals surface area contributed by atoms with Crippen LogP contribution < -0.4 is 17.3 Å². The molecule has 0 radical (unpaired) electrons. The molecule has 0 amide bonds.